The van der Waals surface area contributed by atoms with Crippen LogP contribution in [-0.4, -0.2) is 15.8 Å². The smallest absolute Gasteiger partial charge is 0.229 e. The Morgan fingerprint density at radius 3 is 2.47 bits per heavy atom. The predicted octanol–water partition coefficient (Wildman–Crippen LogP) is 5.91. The molecule has 30 heavy (non-hydrogen) atoms. The first-order valence-corrected chi connectivity index (χ1v) is 10.6. The van der Waals surface area contributed by atoms with E-state index in [-0.39, 0.29) is 11.7 Å². The molecule has 1 heterocycles. The van der Waals surface area contributed by atoms with Crippen molar-refractivity contribution in [1.29, 1.82) is 0 Å². The summed E-state index contributed by atoms with van der Waals surface area (Å²) in [4.78, 5) is 22.3. The lowest BCUT2D eigenvalue weighted by atomic mass is 9.87. The van der Waals surface area contributed by atoms with Crippen LogP contribution in [0.2, 0.25) is 0 Å². The van der Waals surface area contributed by atoms with Gasteiger partial charge in [0.25, 0.3) is 0 Å². The zero-order chi connectivity index (χ0) is 21.3. The van der Waals surface area contributed by atoms with Gasteiger partial charge in [-0.05, 0) is 61.9 Å². The lowest BCUT2D eigenvalue weighted by molar-refractivity contribution is 0.0953. The minimum atomic E-state index is 0.106. The number of nitrogens with one attached hydrogen (secondary N) is 2. The van der Waals surface area contributed by atoms with E-state index in [9.17, 15) is 4.79 Å². The molecule has 1 aliphatic rings. The van der Waals surface area contributed by atoms with E-state index in [1.54, 1.807) is 0 Å². The zero-order valence-electron chi connectivity index (χ0n) is 18.0. The molecule has 2 aromatic carbocycles. The van der Waals surface area contributed by atoms with E-state index in [0.717, 1.165) is 35.5 Å². The average molecular weight is 401 g/mol. The van der Waals surface area contributed by atoms with E-state index in [1.165, 1.54) is 11.1 Å². The first-order valence-electron chi connectivity index (χ1n) is 10.6. The highest BCUT2D eigenvalue weighted by Gasteiger charge is 2.28. The molecule has 1 atom stereocenters. The second kappa shape index (κ2) is 8.27. The second-order valence-electron chi connectivity index (χ2n) is 8.27. The Balaban J connectivity index is 1.73. The van der Waals surface area contributed by atoms with Gasteiger partial charge in [0.05, 0.1) is 11.3 Å². The Bertz CT molecular complexity index is 1090. The molecule has 0 bridgehead atoms. The van der Waals surface area contributed by atoms with Crippen molar-refractivity contribution in [2.24, 2.45) is 5.92 Å². The Labute approximate surface area is 178 Å². The summed E-state index contributed by atoms with van der Waals surface area (Å²) in [5.74, 6) is 1.48. The maximum absolute atomic E-state index is 12.8. The molecule has 0 amide bonds. The van der Waals surface area contributed by atoms with Gasteiger partial charge in [0.2, 0.25) is 5.95 Å². The van der Waals surface area contributed by atoms with Crippen LogP contribution in [0.3, 0.4) is 0 Å². The normalized spacial score (nSPS) is 15.6. The molecule has 5 heteroatoms. The molecule has 1 aliphatic carbocycles. The quantitative estimate of drug-likeness (QED) is 0.557. The number of aromatic nitrogens is 2. The van der Waals surface area contributed by atoms with Crippen molar-refractivity contribution < 1.29 is 4.79 Å². The SMILES string of the molecule is CCc1ccc(Nc2nc3c(c(Nc4ccc(C)cc4C)n2)C(=O)CC(C)C3)cc1. The number of hydrogen-bond acceptors (Lipinski definition) is 5. The summed E-state index contributed by atoms with van der Waals surface area (Å²) in [6.45, 7) is 8.36. The molecule has 0 saturated carbocycles. The Hall–Kier alpha value is -3.21. The molecule has 0 spiro atoms. The summed E-state index contributed by atoms with van der Waals surface area (Å²) >= 11 is 0. The van der Waals surface area contributed by atoms with Crippen molar-refractivity contribution in [2.75, 3.05) is 10.6 Å². The topological polar surface area (TPSA) is 66.9 Å². The molecular formula is C25H28N4O. The van der Waals surface area contributed by atoms with Gasteiger partial charge in [-0.15, -0.1) is 0 Å². The number of hydrogen-bond donors (Lipinski definition) is 2. The number of ketones is 1. The fourth-order valence-corrected chi connectivity index (χ4v) is 3.95. The fourth-order valence-electron chi connectivity index (χ4n) is 3.95. The van der Waals surface area contributed by atoms with Gasteiger partial charge in [0.1, 0.15) is 5.82 Å². The van der Waals surface area contributed by atoms with Crippen molar-refractivity contribution in [2.45, 2.75) is 47.0 Å². The highest BCUT2D eigenvalue weighted by atomic mass is 16.1. The largest absolute Gasteiger partial charge is 0.339 e. The molecule has 4 rings (SSSR count). The number of benzene rings is 2. The highest BCUT2D eigenvalue weighted by molar-refractivity contribution is 6.03. The standard InChI is InChI=1S/C25H28N4O/c1-5-18-7-9-19(10-8-18)26-25-28-21-13-16(3)14-22(30)23(21)24(29-25)27-20-11-6-15(2)12-17(20)4/h6-12,16H,5,13-14H2,1-4H3,(H2,26,27,28,29). The van der Waals surface area contributed by atoms with E-state index in [4.69, 9.17) is 9.97 Å². The number of Topliss-reactive ketones (excluding diaryl/α,β-unsaturated/α-hetero) is 1. The Morgan fingerprint density at radius 2 is 1.77 bits per heavy atom. The summed E-state index contributed by atoms with van der Waals surface area (Å²) in [6, 6.07) is 14.5. The van der Waals surface area contributed by atoms with Crippen LogP contribution in [0.1, 0.15) is 53.0 Å². The lowest BCUT2D eigenvalue weighted by Gasteiger charge is -2.23. The Morgan fingerprint density at radius 1 is 1.00 bits per heavy atom. The van der Waals surface area contributed by atoms with Crippen LogP contribution in [0.5, 0.6) is 0 Å². The molecule has 0 radical (unpaired) electrons. The van der Waals surface area contributed by atoms with Crippen molar-refractivity contribution in [3.8, 4) is 0 Å². The maximum Gasteiger partial charge on any atom is 0.229 e. The minimum absolute atomic E-state index is 0.106. The Kier molecular flexibility index (Phi) is 5.53. The van der Waals surface area contributed by atoms with E-state index in [1.807, 2.05) is 18.2 Å². The van der Waals surface area contributed by atoms with Gasteiger partial charge in [0, 0.05) is 17.8 Å². The molecule has 154 valence electrons. The second-order valence-corrected chi connectivity index (χ2v) is 8.27. The van der Waals surface area contributed by atoms with E-state index >= 15 is 0 Å². The monoisotopic (exact) mass is 400 g/mol. The van der Waals surface area contributed by atoms with Crippen LogP contribution in [0, 0.1) is 19.8 Å². The zero-order valence-corrected chi connectivity index (χ0v) is 18.0. The number of anilines is 4. The summed E-state index contributed by atoms with van der Waals surface area (Å²) in [5, 5.41) is 6.72. The molecule has 2 N–H and O–H groups in total. The number of fused-ring (bicyclic) bond motifs is 1. The predicted molar refractivity (Wildman–Crippen MR) is 122 cm³/mol. The summed E-state index contributed by atoms with van der Waals surface area (Å²) in [5.41, 5.74) is 6.91. The van der Waals surface area contributed by atoms with Gasteiger partial charge in [-0.1, -0.05) is 43.7 Å². The maximum atomic E-state index is 12.8. The van der Waals surface area contributed by atoms with E-state index in [0.29, 0.717) is 23.8 Å². The molecular weight excluding hydrogens is 372 g/mol. The van der Waals surface area contributed by atoms with Gasteiger partial charge in [0.15, 0.2) is 5.78 Å². The number of aryl methyl sites for hydroxylation is 3. The van der Waals surface area contributed by atoms with Gasteiger partial charge < -0.3 is 10.6 Å². The van der Waals surface area contributed by atoms with Crippen LogP contribution in [0.4, 0.5) is 23.1 Å². The van der Waals surface area contributed by atoms with Crippen molar-refractivity contribution in [1.82, 2.24) is 9.97 Å². The first-order chi connectivity index (χ1) is 14.4. The van der Waals surface area contributed by atoms with Crippen molar-refractivity contribution in [3.05, 3.63) is 70.4 Å². The number of carbonyl (C=O) groups is 1. The number of rotatable bonds is 5. The molecule has 3 aromatic rings. The van der Waals surface area contributed by atoms with Crippen LogP contribution in [0.15, 0.2) is 42.5 Å². The van der Waals surface area contributed by atoms with Gasteiger partial charge >= 0.3 is 0 Å². The van der Waals surface area contributed by atoms with E-state index < -0.39 is 0 Å². The van der Waals surface area contributed by atoms with Crippen molar-refractivity contribution >= 4 is 28.9 Å². The third kappa shape index (κ3) is 4.20. The molecule has 0 fully saturated rings. The minimum Gasteiger partial charge on any atom is -0.339 e. The molecule has 0 aliphatic heterocycles. The average Bonchev–Trinajstić information content (AvgIpc) is 2.70. The fraction of sp³-hybridized carbons (Fsp3) is 0.320. The van der Waals surface area contributed by atoms with Crippen molar-refractivity contribution in [3.63, 3.8) is 0 Å². The first kappa shape index (κ1) is 20.1. The van der Waals surface area contributed by atoms with Crippen LogP contribution in [0.25, 0.3) is 0 Å². The molecule has 5 nitrogen and oxygen atoms in total. The summed E-state index contributed by atoms with van der Waals surface area (Å²) < 4.78 is 0. The molecule has 1 aromatic heterocycles. The molecule has 1 unspecified atom stereocenters. The van der Waals surface area contributed by atoms with Gasteiger partial charge in [-0.25, -0.2) is 4.98 Å². The van der Waals surface area contributed by atoms with Gasteiger partial charge in [-0.2, -0.15) is 4.98 Å². The number of nitrogens with zero attached hydrogens (tertiary/aromatic N) is 2. The van der Waals surface area contributed by atoms with Crippen LogP contribution >= 0.6 is 0 Å². The third-order valence-electron chi connectivity index (χ3n) is 5.59. The third-order valence-corrected chi connectivity index (χ3v) is 5.59. The summed E-state index contributed by atoms with van der Waals surface area (Å²) in [6.07, 6.45) is 2.30. The van der Waals surface area contributed by atoms with E-state index in [2.05, 4.69) is 62.6 Å². The van der Waals surface area contributed by atoms with Gasteiger partial charge in [-0.3, -0.25) is 4.79 Å². The summed E-state index contributed by atoms with van der Waals surface area (Å²) in [7, 11) is 0. The highest BCUT2D eigenvalue weighted by Crippen LogP contribution is 2.32. The lowest BCUT2D eigenvalue weighted by Crippen LogP contribution is -2.22. The van der Waals surface area contributed by atoms with Crippen LogP contribution in [-0.2, 0) is 12.8 Å². The van der Waals surface area contributed by atoms with Crippen LogP contribution < -0.4 is 10.6 Å². The molecule has 0 saturated heterocycles. The number of carbonyl (C=O) groups excluding carboxylic acids is 1.